The highest BCUT2D eigenvalue weighted by molar-refractivity contribution is 6.31. The molecule has 1 aromatic carbocycles. The van der Waals surface area contributed by atoms with E-state index in [1.165, 1.54) is 0 Å². The molecule has 4 rings (SSSR count). The number of hydrogen-bond donors (Lipinski definition) is 1. The first-order chi connectivity index (χ1) is 11.1. The first kappa shape index (κ1) is 13.8. The molecule has 0 saturated heterocycles. The molecule has 0 saturated carbocycles. The largest absolute Gasteiger partial charge is 0.458 e. The van der Waals surface area contributed by atoms with Crippen molar-refractivity contribution in [1.82, 2.24) is 15.1 Å². The molecule has 4 aromatic rings. The minimum absolute atomic E-state index is 0.122. The van der Waals surface area contributed by atoms with Gasteiger partial charge in [-0.2, -0.15) is 4.98 Å². The Bertz CT molecular complexity index is 1080. The van der Waals surface area contributed by atoms with E-state index in [-0.39, 0.29) is 17.0 Å². The topological polar surface area (TPSA) is 84.9 Å². The number of hydrogen-bond acceptors (Lipinski definition) is 5. The maximum atomic E-state index is 12.2. The lowest BCUT2D eigenvalue weighted by Crippen LogP contribution is -2.08. The Balaban J connectivity index is 1.84. The molecule has 6 nitrogen and oxygen atoms in total. The molecular formula is C16H10ClN3O3. The zero-order chi connectivity index (χ0) is 16.0. The maximum Gasteiger partial charge on any atom is 0.263 e. The first-order valence-electron chi connectivity index (χ1n) is 6.83. The number of H-pyrrole nitrogens is 1. The molecule has 23 heavy (non-hydrogen) atoms. The van der Waals surface area contributed by atoms with Crippen molar-refractivity contribution in [3.63, 3.8) is 0 Å². The van der Waals surface area contributed by atoms with Gasteiger partial charge < -0.3 is 13.9 Å². The third-order valence-electron chi connectivity index (χ3n) is 3.42. The van der Waals surface area contributed by atoms with Crippen molar-refractivity contribution in [1.29, 1.82) is 0 Å². The molecule has 0 bridgehead atoms. The molecule has 7 heteroatoms. The molecule has 0 amide bonds. The first-order valence-corrected chi connectivity index (χ1v) is 7.21. The van der Waals surface area contributed by atoms with Gasteiger partial charge in [-0.25, -0.2) is 0 Å². The lowest BCUT2D eigenvalue weighted by molar-refractivity contribution is 0.428. The summed E-state index contributed by atoms with van der Waals surface area (Å²) in [6.45, 7) is 1.82. The normalized spacial score (nSPS) is 11.2. The van der Waals surface area contributed by atoms with Gasteiger partial charge in [0.2, 0.25) is 5.82 Å². The molecule has 3 heterocycles. The number of nitrogens with zero attached hydrogens (tertiary/aromatic N) is 2. The number of benzene rings is 1. The third-order valence-corrected chi connectivity index (χ3v) is 3.66. The number of pyridine rings is 1. The molecule has 0 unspecified atom stereocenters. The number of aryl methyl sites for hydroxylation is 1. The van der Waals surface area contributed by atoms with Gasteiger partial charge in [-0.15, -0.1) is 0 Å². The van der Waals surface area contributed by atoms with Crippen LogP contribution < -0.4 is 5.56 Å². The average Bonchev–Trinajstić information content (AvgIpc) is 3.16. The molecule has 0 fully saturated rings. The van der Waals surface area contributed by atoms with Crippen LogP contribution in [0.1, 0.15) is 5.76 Å². The summed E-state index contributed by atoms with van der Waals surface area (Å²) in [7, 11) is 0. The van der Waals surface area contributed by atoms with E-state index in [4.69, 9.17) is 20.5 Å². The summed E-state index contributed by atoms with van der Waals surface area (Å²) in [5.74, 6) is 1.64. The predicted molar refractivity (Wildman–Crippen MR) is 85.3 cm³/mol. The van der Waals surface area contributed by atoms with Crippen LogP contribution in [0.4, 0.5) is 0 Å². The van der Waals surface area contributed by atoms with Crippen LogP contribution in [0.3, 0.4) is 0 Å². The van der Waals surface area contributed by atoms with Gasteiger partial charge in [-0.05, 0) is 43.3 Å². The predicted octanol–water partition coefficient (Wildman–Crippen LogP) is 3.80. The van der Waals surface area contributed by atoms with Gasteiger partial charge in [0.1, 0.15) is 11.3 Å². The molecule has 0 radical (unpaired) electrons. The Kier molecular flexibility index (Phi) is 3.06. The van der Waals surface area contributed by atoms with Crippen LogP contribution in [0.15, 0.2) is 50.1 Å². The van der Waals surface area contributed by atoms with Crippen molar-refractivity contribution in [3.05, 3.63) is 57.5 Å². The van der Waals surface area contributed by atoms with Gasteiger partial charge in [-0.1, -0.05) is 16.8 Å². The molecule has 0 aliphatic carbocycles. The van der Waals surface area contributed by atoms with Gasteiger partial charge in [0.05, 0.1) is 0 Å². The Hall–Kier alpha value is -2.86. The van der Waals surface area contributed by atoms with E-state index in [0.29, 0.717) is 22.1 Å². The summed E-state index contributed by atoms with van der Waals surface area (Å²) in [6, 6.07) is 10.4. The monoisotopic (exact) mass is 327 g/mol. The summed E-state index contributed by atoms with van der Waals surface area (Å²) in [4.78, 5) is 19.2. The average molecular weight is 328 g/mol. The molecular weight excluding hydrogens is 318 g/mol. The number of aromatic nitrogens is 3. The lowest BCUT2D eigenvalue weighted by Gasteiger charge is -2.00. The summed E-state index contributed by atoms with van der Waals surface area (Å²) in [5, 5.41) is 5.21. The lowest BCUT2D eigenvalue weighted by atomic mass is 10.1. The van der Waals surface area contributed by atoms with Crippen molar-refractivity contribution in [3.8, 4) is 23.0 Å². The minimum atomic E-state index is -0.314. The van der Waals surface area contributed by atoms with E-state index >= 15 is 0 Å². The van der Waals surface area contributed by atoms with Crippen LogP contribution in [-0.2, 0) is 0 Å². The molecule has 0 aliphatic heterocycles. The van der Waals surface area contributed by atoms with Gasteiger partial charge in [0.15, 0.2) is 5.76 Å². The van der Waals surface area contributed by atoms with E-state index in [9.17, 15) is 4.79 Å². The van der Waals surface area contributed by atoms with Gasteiger partial charge in [-0.3, -0.25) is 4.79 Å². The zero-order valence-electron chi connectivity index (χ0n) is 12.0. The number of furan rings is 1. The fraction of sp³-hybridized carbons (Fsp3) is 0.0625. The highest BCUT2D eigenvalue weighted by atomic mass is 35.5. The van der Waals surface area contributed by atoms with Crippen LogP contribution in [0.5, 0.6) is 0 Å². The molecule has 1 N–H and O–H groups in total. The highest BCUT2D eigenvalue weighted by Crippen LogP contribution is 2.24. The molecule has 0 aliphatic rings. The number of rotatable bonds is 2. The number of fused-ring (bicyclic) bond motifs is 1. The van der Waals surface area contributed by atoms with E-state index in [1.807, 2.05) is 6.92 Å². The number of nitrogens with one attached hydrogen (secondary N) is 1. The minimum Gasteiger partial charge on any atom is -0.458 e. The summed E-state index contributed by atoms with van der Waals surface area (Å²) in [6.07, 6.45) is 0. The second-order valence-electron chi connectivity index (χ2n) is 5.08. The Labute approximate surface area is 134 Å². The second kappa shape index (κ2) is 5.10. The Morgan fingerprint density at radius 2 is 2.04 bits per heavy atom. The van der Waals surface area contributed by atoms with E-state index in [2.05, 4.69) is 15.1 Å². The van der Waals surface area contributed by atoms with Crippen molar-refractivity contribution < 1.29 is 8.94 Å². The summed E-state index contributed by atoms with van der Waals surface area (Å²) >= 11 is 5.99. The van der Waals surface area contributed by atoms with Crippen molar-refractivity contribution in [2.45, 2.75) is 6.92 Å². The van der Waals surface area contributed by atoms with Gasteiger partial charge in [0.25, 0.3) is 11.4 Å². The number of halogens is 1. The molecule has 114 valence electrons. The van der Waals surface area contributed by atoms with Crippen molar-refractivity contribution in [2.24, 2.45) is 0 Å². The fourth-order valence-electron chi connectivity index (χ4n) is 2.32. The van der Waals surface area contributed by atoms with Crippen LogP contribution in [0.25, 0.3) is 33.9 Å². The van der Waals surface area contributed by atoms with Crippen LogP contribution in [0, 0.1) is 6.92 Å². The zero-order valence-corrected chi connectivity index (χ0v) is 12.7. The second-order valence-corrected chi connectivity index (χ2v) is 5.51. The van der Waals surface area contributed by atoms with E-state index in [0.717, 1.165) is 11.1 Å². The molecule has 3 aromatic heterocycles. The van der Waals surface area contributed by atoms with Crippen LogP contribution >= 0.6 is 11.6 Å². The molecule has 0 atom stereocenters. The fourth-order valence-corrected chi connectivity index (χ4v) is 2.50. The van der Waals surface area contributed by atoms with E-state index < -0.39 is 0 Å². The van der Waals surface area contributed by atoms with Gasteiger partial charge >= 0.3 is 0 Å². The van der Waals surface area contributed by atoms with Crippen molar-refractivity contribution >= 4 is 22.5 Å². The molecule has 0 spiro atoms. The van der Waals surface area contributed by atoms with Crippen LogP contribution in [0.2, 0.25) is 5.02 Å². The maximum absolute atomic E-state index is 12.2. The standard InChI is InChI=1S/C16H10ClN3O3/c1-8-2-5-13(22-8)14-19-16(23-20-14)11-7-9-6-10(17)3-4-12(9)18-15(11)21/h2-7H,1H3,(H,18,21). The smallest absolute Gasteiger partial charge is 0.263 e. The quantitative estimate of drug-likeness (QED) is 0.605. The highest BCUT2D eigenvalue weighted by Gasteiger charge is 2.16. The Morgan fingerprint density at radius 3 is 2.83 bits per heavy atom. The van der Waals surface area contributed by atoms with Crippen molar-refractivity contribution in [2.75, 3.05) is 0 Å². The van der Waals surface area contributed by atoms with Gasteiger partial charge in [0, 0.05) is 15.9 Å². The summed E-state index contributed by atoms with van der Waals surface area (Å²) < 4.78 is 10.6. The number of aromatic amines is 1. The van der Waals surface area contributed by atoms with Crippen LogP contribution in [-0.4, -0.2) is 15.1 Å². The van der Waals surface area contributed by atoms with E-state index in [1.54, 1.807) is 36.4 Å². The SMILES string of the molecule is Cc1ccc(-c2noc(-c3cc4cc(Cl)ccc4[nH]c3=O)n2)o1. The summed E-state index contributed by atoms with van der Waals surface area (Å²) in [5.41, 5.74) is 0.650. The third kappa shape index (κ3) is 2.43. The Morgan fingerprint density at radius 1 is 1.17 bits per heavy atom.